The van der Waals surface area contributed by atoms with Gasteiger partial charge in [0.1, 0.15) is 11.6 Å². The Hall–Kier alpha value is -3.35. The van der Waals surface area contributed by atoms with Crippen LogP contribution in [0.4, 0.5) is 4.39 Å². The molecule has 0 aliphatic carbocycles. The molecule has 0 bridgehead atoms. The predicted octanol–water partition coefficient (Wildman–Crippen LogP) is 2.62. The molecule has 2 heterocycles. The van der Waals surface area contributed by atoms with E-state index >= 15 is 0 Å². The van der Waals surface area contributed by atoms with Crippen molar-refractivity contribution in [2.45, 2.75) is 6.42 Å². The Morgan fingerprint density at radius 2 is 1.71 bits per heavy atom. The van der Waals surface area contributed by atoms with Crippen LogP contribution in [0.15, 0.2) is 54.7 Å². The Morgan fingerprint density at radius 1 is 0.958 bits per heavy atom. The first-order chi connectivity index (χ1) is 11.7. The van der Waals surface area contributed by atoms with E-state index in [1.807, 2.05) is 12.1 Å². The van der Waals surface area contributed by atoms with Crippen LogP contribution in [0.2, 0.25) is 0 Å². The lowest BCUT2D eigenvalue weighted by Crippen LogP contribution is -2.02. The number of benzene rings is 2. The van der Waals surface area contributed by atoms with E-state index in [0.717, 1.165) is 11.1 Å². The molecule has 4 rings (SSSR count). The van der Waals surface area contributed by atoms with E-state index in [9.17, 15) is 9.50 Å². The van der Waals surface area contributed by atoms with Gasteiger partial charge in [0.15, 0.2) is 5.82 Å². The highest BCUT2D eigenvalue weighted by Gasteiger charge is 2.10. The monoisotopic (exact) mass is 321 g/mol. The van der Waals surface area contributed by atoms with E-state index in [-0.39, 0.29) is 11.6 Å². The highest BCUT2D eigenvalue weighted by atomic mass is 19.1. The molecule has 0 fully saturated rings. The molecule has 7 heteroatoms. The van der Waals surface area contributed by atoms with Gasteiger partial charge in [-0.15, -0.1) is 10.2 Å². The number of fused-ring (bicyclic) bond motifs is 1. The van der Waals surface area contributed by atoms with Crippen molar-refractivity contribution in [1.82, 2.24) is 24.8 Å². The van der Waals surface area contributed by atoms with Gasteiger partial charge in [-0.25, -0.2) is 9.37 Å². The summed E-state index contributed by atoms with van der Waals surface area (Å²) in [4.78, 5) is 4.42. The van der Waals surface area contributed by atoms with Crippen LogP contribution in [0.1, 0.15) is 11.4 Å². The second-order valence-electron chi connectivity index (χ2n) is 5.32. The molecule has 0 saturated heterocycles. The van der Waals surface area contributed by atoms with Crippen LogP contribution in [-0.4, -0.2) is 29.9 Å². The van der Waals surface area contributed by atoms with Gasteiger partial charge in [-0.3, -0.25) is 0 Å². The van der Waals surface area contributed by atoms with E-state index in [1.165, 1.54) is 12.1 Å². The number of nitrogens with zero attached hydrogens (tertiary/aromatic N) is 5. The summed E-state index contributed by atoms with van der Waals surface area (Å²) in [5, 5.41) is 21.9. The average molecular weight is 321 g/mol. The summed E-state index contributed by atoms with van der Waals surface area (Å²) in [6.45, 7) is 0. The molecule has 6 nitrogen and oxygen atoms in total. The zero-order valence-electron chi connectivity index (χ0n) is 12.5. The number of aromatic nitrogens is 5. The third-order valence-corrected chi connectivity index (χ3v) is 3.64. The summed E-state index contributed by atoms with van der Waals surface area (Å²) in [5.41, 5.74) is 2.34. The minimum Gasteiger partial charge on any atom is -0.508 e. The molecule has 0 saturated carbocycles. The van der Waals surface area contributed by atoms with Crippen LogP contribution in [0.3, 0.4) is 0 Å². The third kappa shape index (κ3) is 2.67. The Balaban J connectivity index is 1.67. The number of aromatic hydroxyl groups is 1. The predicted molar refractivity (Wildman–Crippen MR) is 84.9 cm³/mol. The zero-order chi connectivity index (χ0) is 16.5. The molecule has 0 radical (unpaired) electrons. The summed E-state index contributed by atoms with van der Waals surface area (Å²) in [6.07, 6.45) is 2.12. The second kappa shape index (κ2) is 5.69. The minimum absolute atomic E-state index is 0.216. The Morgan fingerprint density at radius 3 is 2.46 bits per heavy atom. The van der Waals surface area contributed by atoms with E-state index in [2.05, 4.69) is 20.3 Å². The molecule has 0 atom stereocenters. The van der Waals surface area contributed by atoms with Crippen LogP contribution in [0.5, 0.6) is 5.75 Å². The van der Waals surface area contributed by atoms with E-state index in [4.69, 9.17) is 0 Å². The molecule has 2 aromatic heterocycles. The lowest BCUT2D eigenvalue weighted by atomic mass is 10.1. The fraction of sp³-hybridized carbons (Fsp3) is 0.0588. The van der Waals surface area contributed by atoms with Gasteiger partial charge in [-0.1, -0.05) is 12.1 Å². The van der Waals surface area contributed by atoms with Gasteiger partial charge in [-0.2, -0.15) is 9.61 Å². The van der Waals surface area contributed by atoms with Crippen LogP contribution in [0, 0.1) is 5.82 Å². The number of hydrogen-bond acceptors (Lipinski definition) is 5. The van der Waals surface area contributed by atoms with Gasteiger partial charge in [0.2, 0.25) is 0 Å². The van der Waals surface area contributed by atoms with E-state index in [1.54, 1.807) is 35.0 Å². The van der Waals surface area contributed by atoms with Crippen LogP contribution in [-0.2, 0) is 6.42 Å². The zero-order valence-corrected chi connectivity index (χ0v) is 12.5. The molecule has 0 aliphatic rings. The van der Waals surface area contributed by atoms with Crippen molar-refractivity contribution >= 4 is 5.78 Å². The van der Waals surface area contributed by atoms with Gasteiger partial charge in [0, 0.05) is 12.0 Å². The first-order valence-corrected chi connectivity index (χ1v) is 7.30. The van der Waals surface area contributed by atoms with Crippen molar-refractivity contribution in [2.24, 2.45) is 0 Å². The lowest BCUT2D eigenvalue weighted by molar-refractivity contribution is 0.475. The van der Waals surface area contributed by atoms with Gasteiger partial charge in [0.05, 0.1) is 11.9 Å². The molecule has 0 amide bonds. The van der Waals surface area contributed by atoms with Crippen LogP contribution < -0.4 is 0 Å². The number of phenols is 1. The highest BCUT2D eigenvalue weighted by Crippen LogP contribution is 2.18. The van der Waals surface area contributed by atoms with Crippen molar-refractivity contribution in [3.63, 3.8) is 0 Å². The van der Waals surface area contributed by atoms with Gasteiger partial charge in [0.25, 0.3) is 5.78 Å². The van der Waals surface area contributed by atoms with Gasteiger partial charge >= 0.3 is 0 Å². The Bertz CT molecular complexity index is 996. The maximum Gasteiger partial charge on any atom is 0.272 e. The highest BCUT2D eigenvalue weighted by molar-refractivity contribution is 5.59. The maximum atomic E-state index is 13.0. The molecule has 1 N–H and O–H groups in total. The number of rotatable bonds is 3. The summed E-state index contributed by atoms with van der Waals surface area (Å²) in [6, 6.07) is 12.9. The molecule has 118 valence electrons. The molecule has 4 aromatic rings. The fourth-order valence-electron chi connectivity index (χ4n) is 2.41. The minimum atomic E-state index is -0.300. The number of halogens is 1. The van der Waals surface area contributed by atoms with E-state index in [0.29, 0.717) is 23.7 Å². The first-order valence-electron chi connectivity index (χ1n) is 7.30. The van der Waals surface area contributed by atoms with Gasteiger partial charge in [-0.05, 0) is 42.0 Å². The normalized spacial score (nSPS) is 11.0. The summed E-state index contributed by atoms with van der Waals surface area (Å²) in [7, 11) is 0. The quantitative estimate of drug-likeness (QED) is 0.628. The summed E-state index contributed by atoms with van der Waals surface area (Å²) in [5.74, 6) is 0.944. The summed E-state index contributed by atoms with van der Waals surface area (Å²) >= 11 is 0. The fourth-order valence-corrected chi connectivity index (χ4v) is 2.41. The van der Waals surface area contributed by atoms with Crippen molar-refractivity contribution in [3.8, 4) is 17.0 Å². The largest absolute Gasteiger partial charge is 0.508 e. The van der Waals surface area contributed by atoms with Crippen molar-refractivity contribution in [3.05, 3.63) is 71.9 Å². The SMILES string of the molecule is Oc1ccc(Cc2nnc3nc(-c4ccc(F)cc4)cnn23)cc1. The van der Waals surface area contributed by atoms with Crippen LogP contribution in [0.25, 0.3) is 17.0 Å². The van der Waals surface area contributed by atoms with Crippen molar-refractivity contribution < 1.29 is 9.50 Å². The third-order valence-electron chi connectivity index (χ3n) is 3.64. The molecule has 24 heavy (non-hydrogen) atoms. The number of hydrogen-bond donors (Lipinski definition) is 1. The average Bonchev–Trinajstić information content (AvgIpc) is 3.00. The molecular weight excluding hydrogens is 309 g/mol. The topological polar surface area (TPSA) is 76.2 Å². The lowest BCUT2D eigenvalue weighted by Gasteiger charge is -2.02. The molecule has 2 aromatic carbocycles. The van der Waals surface area contributed by atoms with Crippen molar-refractivity contribution in [2.75, 3.05) is 0 Å². The Kier molecular flexibility index (Phi) is 3.38. The molecule has 0 spiro atoms. The first kappa shape index (κ1) is 14.3. The molecule has 0 aliphatic heterocycles. The standard InChI is InChI=1S/C17H12FN5O/c18-13-5-3-12(4-6-13)15-10-19-23-16(21-22-17(23)20-15)9-11-1-7-14(24)8-2-11/h1-8,10,24H,9H2. The smallest absolute Gasteiger partial charge is 0.272 e. The summed E-state index contributed by atoms with van der Waals surface area (Å²) < 4.78 is 14.6. The van der Waals surface area contributed by atoms with Gasteiger partial charge < -0.3 is 5.11 Å². The second-order valence-corrected chi connectivity index (χ2v) is 5.32. The van der Waals surface area contributed by atoms with Crippen molar-refractivity contribution in [1.29, 1.82) is 0 Å². The maximum absolute atomic E-state index is 13.0. The Labute approximate surface area is 136 Å². The molecular formula is C17H12FN5O. The molecule has 0 unspecified atom stereocenters. The van der Waals surface area contributed by atoms with Crippen LogP contribution >= 0.6 is 0 Å². The van der Waals surface area contributed by atoms with E-state index < -0.39 is 0 Å². The number of phenolic OH excluding ortho intramolecular Hbond substituents is 1.